The normalized spacial score (nSPS) is 11.1. The van der Waals surface area contributed by atoms with E-state index < -0.39 is 5.63 Å². The van der Waals surface area contributed by atoms with Gasteiger partial charge in [0.05, 0.1) is 5.69 Å². The zero-order chi connectivity index (χ0) is 11.4. The Bertz CT molecular complexity index is 538. The Hall–Kier alpha value is -2.10. The van der Waals surface area contributed by atoms with Gasteiger partial charge in [0, 0.05) is 18.3 Å². The summed E-state index contributed by atoms with van der Waals surface area (Å²) >= 11 is 0. The van der Waals surface area contributed by atoms with Crippen LogP contribution in [0.15, 0.2) is 44.6 Å². The second kappa shape index (κ2) is 4.61. The molecule has 0 unspecified atom stereocenters. The SMILES string of the molecule is CCN=Cc1c(-c2ccccc2)[nH]oc1=O. The molecule has 4 heteroatoms. The van der Waals surface area contributed by atoms with Crippen molar-refractivity contribution in [3.05, 3.63) is 46.3 Å². The number of aromatic nitrogens is 1. The first-order valence-corrected chi connectivity index (χ1v) is 5.09. The van der Waals surface area contributed by atoms with Gasteiger partial charge < -0.3 is 4.52 Å². The van der Waals surface area contributed by atoms with Crippen molar-refractivity contribution in [1.82, 2.24) is 5.16 Å². The first kappa shape index (κ1) is 10.4. The maximum absolute atomic E-state index is 11.4. The smallest absolute Gasteiger partial charge is 0.338 e. The van der Waals surface area contributed by atoms with E-state index in [-0.39, 0.29) is 0 Å². The summed E-state index contributed by atoms with van der Waals surface area (Å²) in [5.74, 6) is 0. The highest BCUT2D eigenvalue weighted by Gasteiger charge is 2.10. The van der Waals surface area contributed by atoms with E-state index in [4.69, 9.17) is 4.52 Å². The number of H-pyrrole nitrogens is 1. The number of aliphatic imine (C=N–C) groups is 1. The summed E-state index contributed by atoms with van der Waals surface area (Å²) in [5, 5.41) is 2.62. The zero-order valence-corrected chi connectivity index (χ0v) is 8.93. The molecule has 1 aromatic carbocycles. The Morgan fingerprint density at radius 1 is 1.38 bits per heavy atom. The van der Waals surface area contributed by atoms with E-state index in [2.05, 4.69) is 10.1 Å². The Labute approximate surface area is 92.6 Å². The molecule has 0 bridgehead atoms. The second-order valence-corrected chi connectivity index (χ2v) is 3.27. The summed E-state index contributed by atoms with van der Waals surface area (Å²) in [4.78, 5) is 15.5. The van der Waals surface area contributed by atoms with Gasteiger partial charge in [-0.1, -0.05) is 30.3 Å². The van der Waals surface area contributed by atoms with Crippen molar-refractivity contribution in [1.29, 1.82) is 0 Å². The fourth-order valence-corrected chi connectivity index (χ4v) is 1.43. The molecule has 0 saturated carbocycles. The highest BCUT2D eigenvalue weighted by atomic mass is 16.5. The molecule has 2 aromatic rings. The minimum absolute atomic E-state index is 0.393. The maximum atomic E-state index is 11.4. The standard InChI is InChI=1S/C12H12N2O2/c1-2-13-8-10-11(14-16-12(10)15)9-6-4-3-5-7-9/h3-8,14H,2H2,1H3. The van der Waals surface area contributed by atoms with Crippen LogP contribution in [-0.4, -0.2) is 17.9 Å². The van der Waals surface area contributed by atoms with E-state index >= 15 is 0 Å². The Balaban J connectivity index is 2.50. The van der Waals surface area contributed by atoms with E-state index in [9.17, 15) is 4.79 Å². The van der Waals surface area contributed by atoms with Crippen molar-refractivity contribution in [2.75, 3.05) is 6.54 Å². The average Bonchev–Trinajstić information content (AvgIpc) is 2.69. The van der Waals surface area contributed by atoms with Gasteiger partial charge in [-0.05, 0) is 6.92 Å². The minimum Gasteiger partial charge on any atom is -0.338 e. The first-order valence-electron chi connectivity index (χ1n) is 5.09. The highest BCUT2D eigenvalue weighted by Crippen LogP contribution is 2.17. The van der Waals surface area contributed by atoms with Crippen molar-refractivity contribution in [3.8, 4) is 11.3 Å². The van der Waals surface area contributed by atoms with Crippen molar-refractivity contribution >= 4 is 6.21 Å². The molecule has 4 nitrogen and oxygen atoms in total. The zero-order valence-electron chi connectivity index (χ0n) is 8.93. The van der Waals surface area contributed by atoms with Gasteiger partial charge in [-0.15, -0.1) is 0 Å². The monoisotopic (exact) mass is 216 g/mol. The quantitative estimate of drug-likeness (QED) is 0.798. The molecule has 1 N–H and O–H groups in total. The number of hydrogen-bond donors (Lipinski definition) is 1. The molecule has 0 radical (unpaired) electrons. The minimum atomic E-state index is -0.393. The van der Waals surface area contributed by atoms with E-state index in [1.807, 2.05) is 37.3 Å². The lowest BCUT2D eigenvalue weighted by atomic mass is 10.1. The summed E-state index contributed by atoms with van der Waals surface area (Å²) < 4.78 is 4.78. The number of rotatable bonds is 3. The molecule has 0 spiro atoms. The number of benzene rings is 1. The number of aromatic amines is 1. The second-order valence-electron chi connectivity index (χ2n) is 3.27. The molecule has 0 aliphatic heterocycles. The fraction of sp³-hybridized carbons (Fsp3) is 0.167. The number of nitrogens with one attached hydrogen (secondary N) is 1. The molecule has 0 fully saturated rings. The third kappa shape index (κ3) is 1.95. The Morgan fingerprint density at radius 2 is 2.12 bits per heavy atom. The van der Waals surface area contributed by atoms with Crippen molar-refractivity contribution < 1.29 is 4.52 Å². The van der Waals surface area contributed by atoms with E-state index in [1.54, 1.807) is 6.21 Å². The third-order valence-corrected chi connectivity index (χ3v) is 2.20. The summed E-state index contributed by atoms with van der Waals surface area (Å²) in [6, 6.07) is 9.54. The predicted octanol–water partition coefficient (Wildman–Crippen LogP) is 2.07. The van der Waals surface area contributed by atoms with Gasteiger partial charge in [0.2, 0.25) is 0 Å². The topological polar surface area (TPSA) is 58.4 Å². The highest BCUT2D eigenvalue weighted by molar-refractivity contribution is 5.87. The van der Waals surface area contributed by atoms with Crippen LogP contribution in [0.3, 0.4) is 0 Å². The van der Waals surface area contributed by atoms with Gasteiger partial charge in [-0.25, -0.2) is 9.95 Å². The lowest BCUT2D eigenvalue weighted by Gasteiger charge is -1.96. The summed E-state index contributed by atoms with van der Waals surface area (Å²) in [6.07, 6.45) is 1.55. The molecule has 1 heterocycles. The van der Waals surface area contributed by atoms with Crippen LogP contribution in [0.4, 0.5) is 0 Å². The fourth-order valence-electron chi connectivity index (χ4n) is 1.43. The van der Waals surface area contributed by atoms with Gasteiger partial charge >= 0.3 is 5.63 Å². The lowest BCUT2D eigenvalue weighted by Crippen LogP contribution is -2.01. The number of nitrogens with zero attached hydrogens (tertiary/aromatic N) is 1. The van der Waals surface area contributed by atoms with Crippen molar-refractivity contribution in [2.45, 2.75) is 6.92 Å². The van der Waals surface area contributed by atoms with Gasteiger partial charge in [-0.3, -0.25) is 4.99 Å². The van der Waals surface area contributed by atoms with Crippen molar-refractivity contribution in [3.63, 3.8) is 0 Å². The van der Waals surface area contributed by atoms with Crippen molar-refractivity contribution in [2.24, 2.45) is 4.99 Å². The van der Waals surface area contributed by atoms with Crippen LogP contribution < -0.4 is 5.63 Å². The molecule has 0 aliphatic rings. The summed E-state index contributed by atoms with van der Waals surface area (Å²) in [5.41, 5.74) is 1.65. The Morgan fingerprint density at radius 3 is 2.81 bits per heavy atom. The van der Waals surface area contributed by atoms with Gasteiger partial charge in [0.15, 0.2) is 0 Å². The van der Waals surface area contributed by atoms with E-state index in [1.165, 1.54) is 0 Å². The first-order chi connectivity index (χ1) is 7.83. The predicted molar refractivity (Wildman–Crippen MR) is 62.9 cm³/mol. The van der Waals surface area contributed by atoms with Crippen LogP contribution in [-0.2, 0) is 0 Å². The molecule has 2 rings (SSSR count). The van der Waals surface area contributed by atoms with Gasteiger partial charge in [-0.2, -0.15) is 0 Å². The van der Waals surface area contributed by atoms with Gasteiger partial charge in [0.1, 0.15) is 5.56 Å². The molecule has 0 amide bonds. The van der Waals surface area contributed by atoms with Crippen LogP contribution in [0.1, 0.15) is 12.5 Å². The molecule has 0 atom stereocenters. The lowest BCUT2D eigenvalue weighted by molar-refractivity contribution is 0.393. The largest absolute Gasteiger partial charge is 0.366 e. The Kier molecular flexibility index (Phi) is 3.00. The van der Waals surface area contributed by atoms with Crippen LogP contribution in [0, 0.1) is 0 Å². The molecule has 1 aromatic heterocycles. The summed E-state index contributed by atoms with van der Waals surface area (Å²) in [6.45, 7) is 2.55. The maximum Gasteiger partial charge on any atom is 0.366 e. The molecule has 16 heavy (non-hydrogen) atoms. The summed E-state index contributed by atoms with van der Waals surface area (Å²) in [7, 11) is 0. The molecule has 0 saturated heterocycles. The third-order valence-electron chi connectivity index (χ3n) is 2.20. The van der Waals surface area contributed by atoms with Crippen LogP contribution in [0.5, 0.6) is 0 Å². The molecule has 82 valence electrons. The molecule has 0 aliphatic carbocycles. The molecular weight excluding hydrogens is 204 g/mol. The number of hydrogen-bond acceptors (Lipinski definition) is 3. The van der Waals surface area contributed by atoms with Gasteiger partial charge in [0.25, 0.3) is 0 Å². The van der Waals surface area contributed by atoms with Crippen LogP contribution >= 0.6 is 0 Å². The van der Waals surface area contributed by atoms with Crippen LogP contribution in [0.25, 0.3) is 11.3 Å². The molecular formula is C12H12N2O2. The average molecular weight is 216 g/mol. The van der Waals surface area contributed by atoms with Crippen LogP contribution in [0.2, 0.25) is 0 Å². The van der Waals surface area contributed by atoms with E-state index in [0.717, 1.165) is 5.56 Å². The van der Waals surface area contributed by atoms with E-state index in [0.29, 0.717) is 17.8 Å².